The highest BCUT2D eigenvalue weighted by molar-refractivity contribution is 5.62. The van der Waals surface area contributed by atoms with Crippen LogP contribution in [-0.4, -0.2) is 11.5 Å². The highest BCUT2D eigenvalue weighted by Crippen LogP contribution is 2.15. The number of nitrogens with one attached hydrogen (secondary N) is 1. The number of nitrogens with two attached hydrogens (primary N) is 1. The van der Waals surface area contributed by atoms with Crippen molar-refractivity contribution in [2.75, 3.05) is 17.6 Å². The van der Waals surface area contributed by atoms with E-state index in [9.17, 15) is 0 Å². The quantitative estimate of drug-likeness (QED) is 0.555. The fourth-order valence-electron chi connectivity index (χ4n) is 0.983. The van der Waals surface area contributed by atoms with Gasteiger partial charge >= 0.3 is 0 Å². The third kappa shape index (κ3) is 2.49. The molecule has 0 fully saturated rings. The lowest BCUT2D eigenvalue weighted by atomic mass is 10.3. The number of aromatic nitrogens is 1. The predicted molar refractivity (Wildman–Crippen MR) is 56.7 cm³/mol. The van der Waals surface area contributed by atoms with Crippen molar-refractivity contribution < 1.29 is 0 Å². The summed E-state index contributed by atoms with van der Waals surface area (Å²) in [6, 6.07) is 3.58. The zero-order chi connectivity index (χ0) is 10.4. The largest absolute Gasteiger partial charge is 0.396 e. The minimum Gasteiger partial charge on any atom is -0.396 e. The fourth-order valence-corrected chi connectivity index (χ4v) is 0.983. The summed E-state index contributed by atoms with van der Waals surface area (Å²) in [6.45, 7) is 4.35. The first-order valence-corrected chi connectivity index (χ1v) is 4.28. The molecule has 4 nitrogen and oxygen atoms in total. The summed E-state index contributed by atoms with van der Waals surface area (Å²) < 4.78 is 0. The Hall–Kier alpha value is -2.02. The Morgan fingerprint density at radius 1 is 1.71 bits per heavy atom. The molecule has 0 saturated carbocycles. The molecule has 3 N–H and O–H groups in total. The van der Waals surface area contributed by atoms with Gasteiger partial charge in [0.15, 0.2) is 0 Å². The van der Waals surface area contributed by atoms with Gasteiger partial charge < -0.3 is 11.1 Å². The van der Waals surface area contributed by atoms with Gasteiger partial charge in [-0.1, -0.05) is 6.08 Å². The van der Waals surface area contributed by atoms with E-state index < -0.39 is 0 Å². The van der Waals surface area contributed by atoms with Gasteiger partial charge in [-0.25, -0.2) is 4.98 Å². The monoisotopic (exact) mass is 188 g/mol. The molecule has 0 aliphatic rings. The number of nitrogen functional groups attached to an aromatic ring is 1. The molecule has 0 aromatic carbocycles. The molecule has 0 aliphatic heterocycles. The minimum absolute atomic E-state index is 0.469. The Morgan fingerprint density at radius 2 is 2.50 bits per heavy atom. The molecule has 14 heavy (non-hydrogen) atoms. The molecule has 0 amide bonds. The van der Waals surface area contributed by atoms with Crippen LogP contribution in [0.2, 0.25) is 0 Å². The van der Waals surface area contributed by atoms with Crippen LogP contribution in [0.15, 0.2) is 24.9 Å². The average molecular weight is 188 g/mol. The molecule has 0 saturated heterocycles. The molecule has 1 aromatic rings. The van der Waals surface area contributed by atoms with Crippen LogP contribution in [0.25, 0.3) is 0 Å². The van der Waals surface area contributed by atoms with Gasteiger partial charge in [-0.05, 0) is 12.5 Å². The van der Waals surface area contributed by atoms with Crippen molar-refractivity contribution in [1.29, 1.82) is 5.26 Å². The molecular weight excluding hydrogens is 176 g/mol. The highest BCUT2D eigenvalue weighted by atomic mass is 15.0. The van der Waals surface area contributed by atoms with Crippen LogP contribution >= 0.6 is 0 Å². The van der Waals surface area contributed by atoms with E-state index in [0.29, 0.717) is 17.1 Å². The highest BCUT2D eigenvalue weighted by Gasteiger charge is 2.00. The molecule has 1 rings (SSSR count). The van der Waals surface area contributed by atoms with Gasteiger partial charge in [-0.2, -0.15) is 5.26 Å². The molecule has 1 aromatic heterocycles. The smallest absolute Gasteiger partial charge is 0.149 e. The van der Waals surface area contributed by atoms with E-state index in [1.54, 1.807) is 6.07 Å². The van der Waals surface area contributed by atoms with Crippen LogP contribution in [0.3, 0.4) is 0 Å². The molecule has 0 unspecified atom stereocenters. The van der Waals surface area contributed by atoms with Crippen molar-refractivity contribution in [1.82, 2.24) is 4.98 Å². The fraction of sp³-hybridized carbons (Fsp3) is 0.200. The Kier molecular flexibility index (Phi) is 3.50. The first kappa shape index (κ1) is 10.1. The number of hydrogen-bond donors (Lipinski definition) is 2. The lowest BCUT2D eigenvalue weighted by molar-refractivity contribution is 1.05. The molecule has 1 heterocycles. The summed E-state index contributed by atoms with van der Waals surface area (Å²) in [5, 5.41) is 11.6. The number of pyridine rings is 1. The van der Waals surface area contributed by atoms with Crippen LogP contribution < -0.4 is 11.1 Å². The van der Waals surface area contributed by atoms with E-state index >= 15 is 0 Å². The molecule has 0 atom stereocenters. The number of nitriles is 1. The molecule has 0 aliphatic carbocycles. The summed E-state index contributed by atoms with van der Waals surface area (Å²) in [6.07, 6.45) is 4.15. The standard InChI is InChI=1S/C10H12N4/c1-2-3-4-13-10-9(12)5-8(6-11)7-14-10/h2,5,7H,1,3-4,12H2,(H,13,14). The minimum atomic E-state index is 0.469. The van der Waals surface area contributed by atoms with Gasteiger partial charge in [0.2, 0.25) is 0 Å². The molecular formula is C10H12N4. The second-order valence-corrected chi connectivity index (χ2v) is 2.78. The van der Waals surface area contributed by atoms with Crippen LogP contribution in [0.5, 0.6) is 0 Å². The lowest BCUT2D eigenvalue weighted by Gasteiger charge is -2.06. The third-order valence-electron chi connectivity index (χ3n) is 1.69. The van der Waals surface area contributed by atoms with Crippen LogP contribution in [0.1, 0.15) is 12.0 Å². The van der Waals surface area contributed by atoms with Crippen molar-refractivity contribution in [2.45, 2.75) is 6.42 Å². The van der Waals surface area contributed by atoms with Crippen molar-refractivity contribution in [3.8, 4) is 6.07 Å². The molecule has 72 valence electrons. The summed E-state index contributed by atoms with van der Waals surface area (Å²) in [4.78, 5) is 4.03. The van der Waals surface area contributed by atoms with Gasteiger partial charge in [0, 0.05) is 12.7 Å². The van der Waals surface area contributed by atoms with Crippen LogP contribution in [-0.2, 0) is 0 Å². The van der Waals surface area contributed by atoms with Crippen molar-refractivity contribution in [2.24, 2.45) is 0 Å². The van der Waals surface area contributed by atoms with Crippen molar-refractivity contribution >= 4 is 11.5 Å². The maximum Gasteiger partial charge on any atom is 0.149 e. The maximum atomic E-state index is 8.59. The topological polar surface area (TPSA) is 74.7 Å². The van der Waals surface area contributed by atoms with Gasteiger partial charge in [-0.3, -0.25) is 0 Å². The summed E-state index contributed by atoms with van der Waals surface area (Å²) in [7, 11) is 0. The van der Waals surface area contributed by atoms with Crippen LogP contribution in [0, 0.1) is 11.3 Å². The van der Waals surface area contributed by atoms with E-state index in [2.05, 4.69) is 16.9 Å². The first-order valence-electron chi connectivity index (χ1n) is 4.28. The zero-order valence-electron chi connectivity index (χ0n) is 7.83. The van der Waals surface area contributed by atoms with Crippen LogP contribution in [0.4, 0.5) is 11.5 Å². The zero-order valence-corrected chi connectivity index (χ0v) is 7.83. The second kappa shape index (κ2) is 4.87. The van der Waals surface area contributed by atoms with E-state index in [1.807, 2.05) is 12.1 Å². The Balaban J connectivity index is 2.70. The van der Waals surface area contributed by atoms with Gasteiger partial charge in [0.25, 0.3) is 0 Å². The molecule has 4 heteroatoms. The molecule has 0 bridgehead atoms. The third-order valence-corrected chi connectivity index (χ3v) is 1.69. The molecule has 0 spiro atoms. The van der Waals surface area contributed by atoms with E-state index in [0.717, 1.165) is 13.0 Å². The maximum absolute atomic E-state index is 8.59. The number of rotatable bonds is 4. The second-order valence-electron chi connectivity index (χ2n) is 2.78. The SMILES string of the molecule is C=CCCNc1ncc(C#N)cc1N. The summed E-state index contributed by atoms with van der Waals surface area (Å²) in [5.41, 5.74) is 6.64. The number of anilines is 2. The Morgan fingerprint density at radius 3 is 3.07 bits per heavy atom. The number of nitrogens with zero attached hydrogens (tertiary/aromatic N) is 2. The molecule has 0 radical (unpaired) electrons. The van der Waals surface area contributed by atoms with Crippen molar-refractivity contribution in [3.05, 3.63) is 30.5 Å². The van der Waals surface area contributed by atoms with Gasteiger partial charge in [-0.15, -0.1) is 6.58 Å². The van der Waals surface area contributed by atoms with E-state index in [1.165, 1.54) is 6.20 Å². The average Bonchev–Trinajstić information content (AvgIpc) is 2.20. The first-order chi connectivity index (χ1) is 6.77. The predicted octanol–water partition coefficient (Wildman–Crippen LogP) is 1.52. The number of hydrogen-bond acceptors (Lipinski definition) is 4. The normalized spacial score (nSPS) is 9.07. The van der Waals surface area contributed by atoms with Gasteiger partial charge in [0.1, 0.15) is 11.9 Å². The lowest BCUT2D eigenvalue weighted by Crippen LogP contribution is -2.05. The Bertz CT molecular complexity index is 365. The van der Waals surface area contributed by atoms with E-state index in [-0.39, 0.29) is 0 Å². The Labute approximate surface area is 83.1 Å². The summed E-state index contributed by atoms with van der Waals surface area (Å²) >= 11 is 0. The van der Waals surface area contributed by atoms with E-state index in [4.69, 9.17) is 11.0 Å². The summed E-state index contributed by atoms with van der Waals surface area (Å²) in [5.74, 6) is 0.617. The van der Waals surface area contributed by atoms with Crippen molar-refractivity contribution in [3.63, 3.8) is 0 Å². The van der Waals surface area contributed by atoms with Gasteiger partial charge in [0.05, 0.1) is 11.3 Å².